The molecule has 0 spiro atoms. The maximum absolute atomic E-state index is 5.25. The molecule has 1 N–H and O–H groups in total. The van der Waals surface area contributed by atoms with Crippen LogP contribution < -0.4 is 4.74 Å². The molecule has 0 radical (unpaired) electrons. The van der Waals surface area contributed by atoms with Gasteiger partial charge in [0.05, 0.1) is 19.0 Å². The third-order valence-corrected chi connectivity index (χ3v) is 3.53. The highest BCUT2D eigenvalue weighted by atomic mass is 32.1. The molecule has 3 aromatic rings. The van der Waals surface area contributed by atoms with Crippen molar-refractivity contribution in [3.05, 3.63) is 52.1 Å². The molecule has 0 atom stereocenters. The minimum Gasteiger partial charge on any atom is -0.497 e. The van der Waals surface area contributed by atoms with E-state index in [0.717, 1.165) is 22.7 Å². The molecule has 8 heteroatoms. The van der Waals surface area contributed by atoms with Gasteiger partial charge in [0.25, 0.3) is 5.95 Å². The van der Waals surface area contributed by atoms with E-state index in [2.05, 4.69) is 20.4 Å². The largest absolute Gasteiger partial charge is 0.497 e. The van der Waals surface area contributed by atoms with Crippen molar-refractivity contribution in [3.63, 3.8) is 0 Å². The van der Waals surface area contributed by atoms with Crippen LogP contribution in [0, 0.1) is 18.6 Å². The molecule has 0 aliphatic carbocycles. The summed E-state index contributed by atoms with van der Waals surface area (Å²) in [5.41, 5.74) is 2.78. The van der Waals surface area contributed by atoms with Crippen molar-refractivity contribution >= 4 is 18.4 Å². The van der Waals surface area contributed by atoms with E-state index >= 15 is 0 Å². The average molecular weight is 328 g/mol. The maximum Gasteiger partial charge on any atom is 0.271 e. The Bertz CT molecular complexity index is 903. The second-order valence-corrected chi connectivity index (χ2v) is 5.38. The predicted molar refractivity (Wildman–Crippen MR) is 90.0 cm³/mol. The van der Waals surface area contributed by atoms with E-state index in [-0.39, 0.29) is 0 Å². The predicted octanol–water partition coefficient (Wildman–Crippen LogP) is 2.63. The highest BCUT2D eigenvalue weighted by Crippen LogP contribution is 2.12. The Balaban J connectivity index is 1.97. The van der Waals surface area contributed by atoms with Gasteiger partial charge in [-0.3, -0.25) is 0 Å². The number of methoxy groups -OCH3 is 1. The Hall–Kier alpha value is -2.74. The Morgan fingerprint density at radius 3 is 2.61 bits per heavy atom. The van der Waals surface area contributed by atoms with Crippen LogP contribution in [0.5, 0.6) is 5.75 Å². The first-order valence-corrected chi connectivity index (χ1v) is 7.39. The number of aromatic amines is 1. The maximum atomic E-state index is 5.25. The van der Waals surface area contributed by atoms with Crippen LogP contribution in [0.2, 0.25) is 0 Å². The van der Waals surface area contributed by atoms with Crippen LogP contribution in [0.3, 0.4) is 0 Å². The van der Waals surface area contributed by atoms with Crippen LogP contribution in [-0.2, 0) is 0 Å². The zero-order valence-electron chi connectivity index (χ0n) is 13.0. The van der Waals surface area contributed by atoms with E-state index in [1.54, 1.807) is 22.7 Å². The van der Waals surface area contributed by atoms with Crippen molar-refractivity contribution in [2.45, 2.75) is 13.8 Å². The summed E-state index contributed by atoms with van der Waals surface area (Å²) in [6, 6.07) is 9.54. The van der Waals surface area contributed by atoms with E-state index in [0.29, 0.717) is 10.7 Å². The number of aromatic nitrogens is 5. The fourth-order valence-corrected chi connectivity index (χ4v) is 2.34. The monoisotopic (exact) mass is 328 g/mol. The summed E-state index contributed by atoms with van der Waals surface area (Å²) in [7, 11) is 1.63. The summed E-state index contributed by atoms with van der Waals surface area (Å²) in [5.74, 6) is 1.32. The van der Waals surface area contributed by atoms with Gasteiger partial charge in [0.15, 0.2) is 0 Å². The standard InChI is InChI=1S/C15H16N6OS/c1-10-8-11(2)20(19-10)14-17-18-15(23)21(14)16-9-12-4-6-13(22-3)7-5-12/h4-9H,1-3H3,(H,18,23). The summed E-state index contributed by atoms with van der Waals surface area (Å²) < 4.78 is 8.78. The molecule has 1 aromatic carbocycles. The first kappa shape index (κ1) is 15.2. The smallest absolute Gasteiger partial charge is 0.271 e. The second-order valence-electron chi connectivity index (χ2n) is 5.00. The topological polar surface area (TPSA) is 73.0 Å². The first-order chi connectivity index (χ1) is 11.1. The molecule has 2 aromatic heterocycles. The molecule has 23 heavy (non-hydrogen) atoms. The molecule has 0 aliphatic heterocycles. The number of nitrogens with zero attached hydrogens (tertiary/aromatic N) is 5. The third kappa shape index (κ3) is 3.07. The van der Waals surface area contributed by atoms with Crippen LogP contribution >= 0.6 is 12.2 Å². The van der Waals surface area contributed by atoms with E-state index < -0.39 is 0 Å². The minimum absolute atomic E-state index is 0.400. The number of nitrogens with one attached hydrogen (secondary N) is 1. The summed E-state index contributed by atoms with van der Waals surface area (Å²) >= 11 is 5.25. The summed E-state index contributed by atoms with van der Waals surface area (Å²) in [6.45, 7) is 3.88. The second kappa shape index (κ2) is 6.17. The molecule has 0 unspecified atom stereocenters. The molecule has 0 bridgehead atoms. The molecule has 0 fully saturated rings. The summed E-state index contributed by atoms with van der Waals surface area (Å²) in [5, 5.41) is 15.8. The normalized spacial score (nSPS) is 11.3. The Labute approximate surface area is 138 Å². The molecular formula is C15H16N6OS. The van der Waals surface area contributed by atoms with E-state index in [1.165, 1.54) is 0 Å². The van der Waals surface area contributed by atoms with Gasteiger partial charge >= 0.3 is 0 Å². The summed E-state index contributed by atoms with van der Waals surface area (Å²) in [4.78, 5) is 0. The van der Waals surface area contributed by atoms with Crippen LogP contribution in [0.15, 0.2) is 35.4 Å². The van der Waals surface area contributed by atoms with Crippen molar-refractivity contribution in [1.82, 2.24) is 24.7 Å². The van der Waals surface area contributed by atoms with Gasteiger partial charge in [-0.1, -0.05) is 0 Å². The number of rotatable bonds is 4. The highest BCUT2D eigenvalue weighted by Gasteiger charge is 2.11. The fourth-order valence-electron chi connectivity index (χ4n) is 2.17. The minimum atomic E-state index is 0.400. The van der Waals surface area contributed by atoms with Crippen LogP contribution in [0.25, 0.3) is 5.95 Å². The Morgan fingerprint density at radius 2 is 2.00 bits per heavy atom. The molecular weight excluding hydrogens is 312 g/mol. The van der Waals surface area contributed by atoms with Gasteiger partial charge in [0.2, 0.25) is 4.77 Å². The highest BCUT2D eigenvalue weighted by molar-refractivity contribution is 7.71. The molecule has 118 valence electrons. The van der Waals surface area contributed by atoms with E-state index in [9.17, 15) is 0 Å². The lowest BCUT2D eigenvalue weighted by Crippen LogP contribution is -2.07. The van der Waals surface area contributed by atoms with E-state index in [4.69, 9.17) is 17.0 Å². The number of H-pyrrole nitrogens is 1. The SMILES string of the molecule is COc1ccc(C=Nn2c(-n3nc(C)cc3C)n[nH]c2=S)cc1. The van der Waals surface area contributed by atoms with Crippen LogP contribution in [-0.4, -0.2) is 38.0 Å². The van der Waals surface area contributed by atoms with Gasteiger partial charge in [-0.2, -0.15) is 14.9 Å². The van der Waals surface area contributed by atoms with E-state index in [1.807, 2.05) is 44.2 Å². The molecule has 7 nitrogen and oxygen atoms in total. The van der Waals surface area contributed by atoms with Gasteiger partial charge < -0.3 is 4.74 Å². The summed E-state index contributed by atoms with van der Waals surface area (Å²) in [6.07, 6.45) is 1.71. The number of hydrogen-bond donors (Lipinski definition) is 1. The Morgan fingerprint density at radius 1 is 1.26 bits per heavy atom. The third-order valence-electron chi connectivity index (χ3n) is 3.27. The van der Waals surface area contributed by atoms with Crippen LogP contribution in [0.4, 0.5) is 0 Å². The quantitative estimate of drug-likeness (QED) is 0.590. The molecule has 3 rings (SSSR count). The number of ether oxygens (including phenoxy) is 1. The molecule has 0 amide bonds. The lowest BCUT2D eigenvalue weighted by Gasteiger charge is -2.03. The molecule has 0 saturated heterocycles. The van der Waals surface area contributed by atoms with Crippen LogP contribution in [0.1, 0.15) is 17.0 Å². The van der Waals surface area contributed by atoms with Gasteiger partial charge in [-0.05, 0) is 62.0 Å². The zero-order chi connectivity index (χ0) is 16.4. The van der Waals surface area contributed by atoms with Gasteiger partial charge in [0.1, 0.15) is 5.75 Å². The van der Waals surface area contributed by atoms with Gasteiger partial charge in [0, 0.05) is 5.69 Å². The molecule has 0 saturated carbocycles. The zero-order valence-corrected chi connectivity index (χ0v) is 13.8. The lowest BCUT2D eigenvalue weighted by molar-refractivity contribution is 0.415. The van der Waals surface area contributed by atoms with Crippen molar-refractivity contribution in [2.24, 2.45) is 5.10 Å². The van der Waals surface area contributed by atoms with Gasteiger partial charge in [-0.25, -0.2) is 9.78 Å². The lowest BCUT2D eigenvalue weighted by atomic mass is 10.2. The van der Waals surface area contributed by atoms with Crippen molar-refractivity contribution < 1.29 is 4.74 Å². The van der Waals surface area contributed by atoms with Crippen molar-refractivity contribution in [2.75, 3.05) is 7.11 Å². The first-order valence-electron chi connectivity index (χ1n) is 6.98. The number of aryl methyl sites for hydroxylation is 2. The van der Waals surface area contributed by atoms with Crippen molar-refractivity contribution in [3.8, 4) is 11.7 Å². The fraction of sp³-hybridized carbons (Fsp3) is 0.200. The Kier molecular flexibility index (Phi) is 4.07. The molecule has 0 aliphatic rings. The number of benzene rings is 1. The van der Waals surface area contributed by atoms with Gasteiger partial charge in [-0.15, -0.1) is 5.10 Å². The average Bonchev–Trinajstić information content (AvgIpc) is 3.07. The molecule has 2 heterocycles. The van der Waals surface area contributed by atoms with Crippen molar-refractivity contribution in [1.29, 1.82) is 0 Å². The number of hydrogen-bond acceptors (Lipinski definition) is 5.